The van der Waals surface area contributed by atoms with Crippen LogP contribution < -0.4 is 5.73 Å². The van der Waals surface area contributed by atoms with Crippen LogP contribution in [0.2, 0.25) is 0 Å². The third-order valence-electron chi connectivity index (χ3n) is 3.00. The number of aromatic amines is 1. The average Bonchev–Trinajstić information content (AvgIpc) is 2.75. The number of nitrogen functional groups attached to an aromatic ring is 1. The molecule has 0 saturated carbocycles. The first kappa shape index (κ1) is 10.7. The van der Waals surface area contributed by atoms with Crippen molar-refractivity contribution in [2.45, 2.75) is 26.2 Å². The quantitative estimate of drug-likeness (QED) is 0.826. The fourth-order valence-corrected chi connectivity index (χ4v) is 1.71. The van der Waals surface area contributed by atoms with E-state index in [0.717, 1.165) is 17.7 Å². The molecule has 1 atom stereocenters. The SMILES string of the molecule is CCC(C)c1ccc(-c2cc(N)n[nH]2)cc1. The van der Waals surface area contributed by atoms with Gasteiger partial charge in [0.1, 0.15) is 5.82 Å². The lowest BCUT2D eigenvalue weighted by molar-refractivity contribution is 0.734. The third-order valence-corrected chi connectivity index (χ3v) is 3.00. The molecule has 2 rings (SSSR count). The van der Waals surface area contributed by atoms with Gasteiger partial charge in [0, 0.05) is 6.07 Å². The second-order valence-electron chi connectivity index (χ2n) is 4.14. The Kier molecular flexibility index (Phi) is 2.95. The molecule has 0 aliphatic carbocycles. The molecular weight excluding hydrogens is 198 g/mol. The number of nitrogens with two attached hydrogens (primary N) is 1. The van der Waals surface area contributed by atoms with Crippen molar-refractivity contribution >= 4 is 5.82 Å². The molecule has 0 spiro atoms. The summed E-state index contributed by atoms with van der Waals surface area (Å²) in [5.41, 5.74) is 9.03. The maximum Gasteiger partial charge on any atom is 0.145 e. The van der Waals surface area contributed by atoms with Gasteiger partial charge in [-0.3, -0.25) is 5.10 Å². The van der Waals surface area contributed by atoms with Crippen molar-refractivity contribution in [3.8, 4) is 11.3 Å². The fraction of sp³-hybridized carbons (Fsp3) is 0.308. The molecule has 1 heterocycles. The number of nitrogens with one attached hydrogen (secondary N) is 1. The standard InChI is InChI=1S/C13H17N3/c1-3-9(2)10-4-6-11(7-5-10)12-8-13(14)16-15-12/h4-9H,3H2,1-2H3,(H3,14,15,16). The van der Waals surface area contributed by atoms with Gasteiger partial charge < -0.3 is 5.73 Å². The van der Waals surface area contributed by atoms with Crippen molar-refractivity contribution in [2.24, 2.45) is 0 Å². The smallest absolute Gasteiger partial charge is 0.145 e. The Balaban J connectivity index is 2.25. The summed E-state index contributed by atoms with van der Waals surface area (Å²) in [7, 11) is 0. The molecule has 0 saturated heterocycles. The van der Waals surface area contributed by atoms with Crippen molar-refractivity contribution in [2.75, 3.05) is 5.73 Å². The molecular formula is C13H17N3. The van der Waals surface area contributed by atoms with E-state index in [2.05, 4.69) is 48.3 Å². The highest BCUT2D eigenvalue weighted by molar-refractivity contribution is 5.62. The highest BCUT2D eigenvalue weighted by Crippen LogP contribution is 2.23. The van der Waals surface area contributed by atoms with E-state index in [9.17, 15) is 0 Å². The summed E-state index contributed by atoms with van der Waals surface area (Å²) < 4.78 is 0. The van der Waals surface area contributed by atoms with Gasteiger partial charge in [-0.25, -0.2) is 0 Å². The van der Waals surface area contributed by atoms with Crippen LogP contribution in [0.1, 0.15) is 31.7 Å². The van der Waals surface area contributed by atoms with Crippen LogP contribution in [0.4, 0.5) is 5.82 Å². The van der Waals surface area contributed by atoms with Crippen molar-refractivity contribution in [1.29, 1.82) is 0 Å². The van der Waals surface area contributed by atoms with Crippen LogP contribution in [0.15, 0.2) is 30.3 Å². The normalized spacial score (nSPS) is 12.6. The zero-order chi connectivity index (χ0) is 11.5. The summed E-state index contributed by atoms with van der Waals surface area (Å²) in [6.45, 7) is 4.44. The summed E-state index contributed by atoms with van der Waals surface area (Å²) in [5.74, 6) is 1.14. The van der Waals surface area contributed by atoms with E-state index >= 15 is 0 Å². The maximum atomic E-state index is 5.57. The Labute approximate surface area is 95.7 Å². The van der Waals surface area contributed by atoms with Crippen LogP contribution >= 0.6 is 0 Å². The van der Waals surface area contributed by atoms with Gasteiger partial charge in [0.2, 0.25) is 0 Å². The minimum Gasteiger partial charge on any atom is -0.382 e. The van der Waals surface area contributed by atoms with Gasteiger partial charge in [-0.05, 0) is 23.5 Å². The molecule has 84 valence electrons. The van der Waals surface area contributed by atoms with Gasteiger partial charge in [-0.2, -0.15) is 5.10 Å². The molecule has 3 heteroatoms. The number of H-pyrrole nitrogens is 1. The lowest BCUT2D eigenvalue weighted by Gasteiger charge is -2.08. The second kappa shape index (κ2) is 4.39. The number of hydrogen-bond donors (Lipinski definition) is 2. The third kappa shape index (κ3) is 2.08. The average molecular weight is 215 g/mol. The monoisotopic (exact) mass is 215 g/mol. The van der Waals surface area contributed by atoms with Crippen LogP contribution in [-0.2, 0) is 0 Å². The first-order valence-corrected chi connectivity index (χ1v) is 5.62. The Morgan fingerprint density at radius 3 is 2.50 bits per heavy atom. The van der Waals surface area contributed by atoms with E-state index in [4.69, 9.17) is 5.73 Å². The van der Waals surface area contributed by atoms with Gasteiger partial charge in [-0.15, -0.1) is 0 Å². The first-order chi connectivity index (χ1) is 7.70. The Hall–Kier alpha value is -1.77. The van der Waals surface area contributed by atoms with Gasteiger partial charge in [-0.1, -0.05) is 38.1 Å². The Bertz CT molecular complexity index is 456. The molecule has 0 amide bonds. The largest absolute Gasteiger partial charge is 0.382 e. The molecule has 0 radical (unpaired) electrons. The van der Waals surface area contributed by atoms with E-state index in [1.165, 1.54) is 5.56 Å². The van der Waals surface area contributed by atoms with Crippen molar-refractivity contribution < 1.29 is 0 Å². The van der Waals surface area contributed by atoms with E-state index in [0.29, 0.717) is 11.7 Å². The van der Waals surface area contributed by atoms with Crippen LogP contribution in [0, 0.1) is 0 Å². The molecule has 1 unspecified atom stereocenters. The van der Waals surface area contributed by atoms with Crippen molar-refractivity contribution in [3.63, 3.8) is 0 Å². The first-order valence-electron chi connectivity index (χ1n) is 5.62. The predicted octanol–water partition coefficient (Wildman–Crippen LogP) is 3.17. The molecule has 0 fully saturated rings. The lowest BCUT2D eigenvalue weighted by atomic mass is 9.97. The van der Waals surface area contributed by atoms with Crippen LogP contribution in [0.5, 0.6) is 0 Å². The molecule has 16 heavy (non-hydrogen) atoms. The van der Waals surface area contributed by atoms with E-state index < -0.39 is 0 Å². The molecule has 0 aliphatic rings. The summed E-state index contributed by atoms with van der Waals surface area (Å²) in [6, 6.07) is 10.4. The minimum atomic E-state index is 0.529. The second-order valence-corrected chi connectivity index (χ2v) is 4.14. The van der Waals surface area contributed by atoms with Crippen molar-refractivity contribution in [3.05, 3.63) is 35.9 Å². The van der Waals surface area contributed by atoms with Gasteiger partial charge in [0.25, 0.3) is 0 Å². The zero-order valence-corrected chi connectivity index (χ0v) is 9.70. The fourth-order valence-electron chi connectivity index (χ4n) is 1.71. The predicted molar refractivity (Wildman–Crippen MR) is 67.1 cm³/mol. The number of aromatic nitrogens is 2. The van der Waals surface area contributed by atoms with Crippen LogP contribution in [0.3, 0.4) is 0 Å². The van der Waals surface area contributed by atoms with Gasteiger partial charge >= 0.3 is 0 Å². The number of anilines is 1. The number of hydrogen-bond acceptors (Lipinski definition) is 2. The summed E-state index contributed by atoms with van der Waals surface area (Å²) in [4.78, 5) is 0. The summed E-state index contributed by atoms with van der Waals surface area (Å²) in [6.07, 6.45) is 1.16. The maximum absolute atomic E-state index is 5.57. The molecule has 3 nitrogen and oxygen atoms in total. The lowest BCUT2D eigenvalue weighted by Crippen LogP contribution is -1.90. The van der Waals surface area contributed by atoms with Crippen LogP contribution in [0.25, 0.3) is 11.3 Å². The topological polar surface area (TPSA) is 54.7 Å². The van der Waals surface area contributed by atoms with Crippen LogP contribution in [-0.4, -0.2) is 10.2 Å². The molecule has 1 aromatic heterocycles. The minimum absolute atomic E-state index is 0.529. The molecule has 3 N–H and O–H groups in total. The molecule has 0 aliphatic heterocycles. The van der Waals surface area contributed by atoms with Gasteiger partial charge in [0.05, 0.1) is 5.69 Å². The number of rotatable bonds is 3. The molecule has 0 bridgehead atoms. The highest BCUT2D eigenvalue weighted by atomic mass is 15.2. The van der Waals surface area contributed by atoms with Gasteiger partial charge in [0.15, 0.2) is 0 Å². The summed E-state index contributed by atoms with van der Waals surface area (Å²) in [5, 5.41) is 6.83. The Morgan fingerprint density at radius 2 is 2.00 bits per heavy atom. The highest BCUT2D eigenvalue weighted by Gasteiger charge is 2.04. The summed E-state index contributed by atoms with van der Waals surface area (Å²) >= 11 is 0. The van der Waals surface area contributed by atoms with E-state index in [-0.39, 0.29) is 0 Å². The van der Waals surface area contributed by atoms with E-state index in [1.807, 2.05) is 6.07 Å². The van der Waals surface area contributed by atoms with E-state index in [1.54, 1.807) is 0 Å². The number of benzene rings is 1. The molecule has 1 aromatic carbocycles. The van der Waals surface area contributed by atoms with Crippen molar-refractivity contribution in [1.82, 2.24) is 10.2 Å². The zero-order valence-electron chi connectivity index (χ0n) is 9.70. The number of nitrogens with zero attached hydrogens (tertiary/aromatic N) is 1. The molecule has 2 aromatic rings. The Morgan fingerprint density at radius 1 is 1.31 bits per heavy atom.